The van der Waals surface area contributed by atoms with Gasteiger partial charge in [-0.2, -0.15) is 0 Å². The molecule has 0 amide bonds. The smallest absolute Gasteiger partial charge is 0.327 e. The quantitative estimate of drug-likeness (QED) is 0.716. The Bertz CT molecular complexity index is 852. The Morgan fingerprint density at radius 3 is 2.61 bits per heavy atom. The van der Waals surface area contributed by atoms with E-state index in [0.717, 1.165) is 49.8 Å². The van der Waals surface area contributed by atoms with Crippen molar-refractivity contribution in [2.75, 3.05) is 40.1 Å². The van der Waals surface area contributed by atoms with E-state index in [2.05, 4.69) is 15.9 Å². The van der Waals surface area contributed by atoms with Crippen LogP contribution in [0, 0.1) is 0 Å². The van der Waals surface area contributed by atoms with Gasteiger partial charge in [-0.25, -0.2) is 4.79 Å². The number of rotatable bonds is 5. The molecule has 0 saturated carbocycles. The number of hydrogen-bond donors (Lipinski definition) is 0. The van der Waals surface area contributed by atoms with Crippen LogP contribution in [0.3, 0.4) is 0 Å². The van der Waals surface area contributed by atoms with Crippen LogP contribution in [0.1, 0.15) is 17.2 Å². The van der Waals surface area contributed by atoms with Gasteiger partial charge in [-0.15, -0.1) is 0 Å². The lowest BCUT2D eigenvalue weighted by Gasteiger charge is -2.38. The predicted molar refractivity (Wildman–Crippen MR) is 106 cm³/mol. The molecule has 6 nitrogen and oxygen atoms in total. The lowest BCUT2D eigenvalue weighted by Crippen LogP contribution is -2.49. The molecule has 28 heavy (non-hydrogen) atoms. The highest BCUT2D eigenvalue weighted by Gasteiger charge is 2.32. The average molecular weight is 403 g/mol. The van der Waals surface area contributed by atoms with Crippen LogP contribution in [0.2, 0.25) is 5.02 Å². The van der Waals surface area contributed by atoms with Crippen molar-refractivity contribution in [3.8, 4) is 11.5 Å². The molecular formula is C21H23ClN2O4. The molecule has 0 N–H and O–H groups in total. The minimum absolute atomic E-state index is 0.280. The maximum Gasteiger partial charge on any atom is 0.327 e. The maximum atomic E-state index is 12.5. The van der Waals surface area contributed by atoms with Crippen LogP contribution in [-0.4, -0.2) is 55.9 Å². The topological polar surface area (TPSA) is 51.2 Å². The summed E-state index contributed by atoms with van der Waals surface area (Å²) in [6.07, 6.45) is 0. The molecule has 2 heterocycles. The van der Waals surface area contributed by atoms with Crippen molar-refractivity contribution in [1.82, 2.24) is 9.80 Å². The molecule has 7 heteroatoms. The first kappa shape index (κ1) is 19.1. The van der Waals surface area contributed by atoms with Crippen molar-refractivity contribution >= 4 is 17.6 Å². The van der Waals surface area contributed by atoms with Crippen molar-refractivity contribution in [1.29, 1.82) is 0 Å². The van der Waals surface area contributed by atoms with Crippen molar-refractivity contribution in [2.45, 2.75) is 12.6 Å². The van der Waals surface area contributed by atoms with Crippen molar-refractivity contribution in [3.05, 3.63) is 58.6 Å². The molecule has 1 fully saturated rings. The molecule has 2 aliphatic rings. The Morgan fingerprint density at radius 1 is 1.11 bits per heavy atom. The Balaban J connectivity index is 1.42. The van der Waals surface area contributed by atoms with Crippen molar-refractivity contribution in [2.24, 2.45) is 0 Å². The van der Waals surface area contributed by atoms with E-state index in [1.54, 1.807) is 0 Å². The first-order chi connectivity index (χ1) is 13.7. The Kier molecular flexibility index (Phi) is 5.71. The molecule has 0 aromatic heterocycles. The number of methoxy groups -OCH3 is 1. The molecule has 0 aliphatic carbocycles. The van der Waals surface area contributed by atoms with E-state index in [0.29, 0.717) is 5.02 Å². The number of fused-ring (bicyclic) bond motifs is 1. The van der Waals surface area contributed by atoms with Crippen LogP contribution in [0.25, 0.3) is 0 Å². The Labute approximate surface area is 169 Å². The van der Waals surface area contributed by atoms with Gasteiger partial charge in [-0.1, -0.05) is 35.9 Å². The number of benzene rings is 2. The summed E-state index contributed by atoms with van der Waals surface area (Å²) in [6, 6.07) is 13.0. The third kappa shape index (κ3) is 3.94. The highest BCUT2D eigenvalue weighted by atomic mass is 35.5. The molecule has 2 aromatic carbocycles. The maximum absolute atomic E-state index is 12.5. The molecule has 0 spiro atoms. The largest absolute Gasteiger partial charge is 0.468 e. The number of carbonyl (C=O) groups is 1. The monoisotopic (exact) mass is 402 g/mol. The van der Waals surface area contributed by atoms with E-state index >= 15 is 0 Å². The van der Waals surface area contributed by atoms with Gasteiger partial charge in [-0.3, -0.25) is 9.80 Å². The lowest BCUT2D eigenvalue weighted by molar-refractivity contribution is -0.148. The second-order valence-corrected chi connectivity index (χ2v) is 7.35. The number of esters is 1. The molecule has 0 bridgehead atoms. The number of halogens is 1. The zero-order valence-electron chi connectivity index (χ0n) is 15.8. The van der Waals surface area contributed by atoms with Crippen LogP contribution < -0.4 is 9.47 Å². The van der Waals surface area contributed by atoms with Crippen LogP contribution in [-0.2, 0) is 16.1 Å². The van der Waals surface area contributed by atoms with Crippen LogP contribution in [0.15, 0.2) is 42.5 Å². The zero-order valence-corrected chi connectivity index (χ0v) is 16.5. The highest BCUT2D eigenvalue weighted by molar-refractivity contribution is 6.31. The van der Waals surface area contributed by atoms with E-state index in [1.807, 2.05) is 36.4 Å². The summed E-state index contributed by atoms with van der Waals surface area (Å²) in [7, 11) is 1.42. The van der Waals surface area contributed by atoms with Crippen LogP contribution >= 0.6 is 11.6 Å². The standard InChI is InChI=1S/C21H23ClN2O4/c1-26-21(25)20(16-4-2-3-5-17(16)22)24-10-8-23(9-11-24)13-15-6-7-18-19(12-15)28-14-27-18/h2-7,12,20H,8-11,13-14H2,1H3. The Hall–Kier alpha value is -2.28. The third-order valence-electron chi connectivity index (χ3n) is 5.24. The normalized spacial score (nSPS) is 18.1. The highest BCUT2D eigenvalue weighted by Crippen LogP contribution is 2.33. The SMILES string of the molecule is COC(=O)C(c1ccccc1Cl)N1CCN(Cc2ccc3c(c2)OCO3)CC1. The lowest BCUT2D eigenvalue weighted by atomic mass is 10.0. The predicted octanol–water partition coefficient (Wildman–Crippen LogP) is 3.10. The number of hydrogen-bond acceptors (Lipinski definition) is 6. The number of ether oxygens (including phenoxy) is 3. The molecular weight excluding hydrogens is 380 g/mol. The van der Waals surface area contributed by atoms with E-state index in [9.17, 15) is 4.79 Å². The second kappa shape index (κ2) is 8.39. The summed E-state index contributed by atoms with van der Waals surface area (Å²) >= 11 is 6.35. The summed E-state index contributed by atoms with van der Waals surface area (Å²) in [6.45, 7) is 4.34. The minimum Gasteiger partial charge on any atom is -0.468 e. The van der Waals surface area contributed by atoms with Crippen LogP contribution in [0.5, 0.6) is 11.5 Å². The van der Waals surface area contributed by atoms with Crippen molar-refractivity contribution < 1.29 is 19.0 Å². The van der Waals surface area contributed by atoms with Gasteiger partial charge in [0, 0.05) is 37.7 Å². The summed E-state index contributed by atoms with van der Waals surface area (Å²) in [4.78, 5) is 17.0. The van der Waals surface area contributed by atoms with Gasteiger partial charge in [0.05, 0.1) is 7.11 Å². The third-order valence-corrected chi connectivity index (χ3v) is 5.58. The van der Waals surface area contributed by atoms with Gasteiger partial charge < -0.3 is 14.2 Å². The van der Waals surface area contributed by atoms with E-state index in [4.69, 9.17) is 25.8 Å². The Morgan fingerprint density at radius 2 is 1.86 bits per heavy atom. The second-order valence-electron chi connectivity index (χ2n) is 6.95. The van der Waals surface area contributed by atoms with Gasteiger partial charge in [0.25, 0.3) is 0 Å². The van der Waals surface area contributed by atoms with Gasteiger partial charge in [0.1, 0.15) is 6.04 Å². The molecule has 2 aromatic rings. The number of carbonyl (C=O) groups excluding carboxylic acids is 1. The summed E-state index contributed by atoms with van der Waals surface area (Å²) < 4.78 is 15.9. The molecule has 1 atom stereocenters. The molecule has 0 radical (unpaired) electrons. The van der Waals surface area contributed by atoms with Crippen molar-refractivity contribution in [3.63, 3.8) is 0 Å². The molecule has 1 saturated heterocycles. The zero-order chi connectivity index (χ0) is 19.5. The van der Waals surface area contributed by atoms with Gasteiger partial charge in [-0.05, 0) is 29.3 Å². The minimum atomic E-state index is -0.480. The molecule has 2 aliphatic heterocycles. The molecule has 4 rings (SSSR count). The van der Waals surface area contributed by atoms with Gasteiger partial charge in [0.15, 0.2) is 11.5 Å². The molecule has 1 unspecified atom stereocenters. The van der Waals surface area contributed by atoms with E-state index in [1.165, 1.54) is 12.7 Å². The number of nitrogens with zero attached hydrogens (tertiary/aromatic N) is 2. The van der Waals surface area contributed by atoms with E-state index in [-0.39, 0.29) is 12.8 Å². The fourth-order valence-electron chi connectivity index (χ4n) is 3.76. The summed E-state index contributed by atoms with van der Waals surface area (Å²) in [5.41, 5.74) is 1.98. The average Bonchev–Trinajstić information content (AvgIpc) is 3.18. The molecule has 148 valence electrons. The fraction of sp³-hybridized carbons (Fsp3) is 0.381. The fourth-order valence-corrected chi connectivity index (χ4v) is 4.00. The van der Waals surface area contributed by atoms with Gasteiger partial charge in [0.2, 0.25) is 6.79 Å². The first-order valence-electron chi connectivity index (χ1n) is 9.33. The first-order valence-corrected chi connectivity index (χ1v) is 9.70. The van der Waals surface area contributed by atoms with Gasteiger partial charge >= 0.3 is 5.97 Å². The summed E-state index contributed by atoms with van der Waals surface area (Å²) in [5.74, 6) is 1.33. The summed E-state index contributed by atoms with van der Waals surface area (Å²) in [5, 5.41) is 0.584. The van der Waals surface area contributed by atoms with E-state index < -0.39 is 6.04 Å². The van der Waals surface area contributed by atoms with Crippen LogP contribution in [0.4, 0.5) is 0 Å². The number of piperazine rings is 1.